The molecule has 0 bridgehead atoms. The highest BCUT2D eigenvalue weighted by atomic mass is 16.6. The Morgan fingerprint density at radius 3 is 2.25 bits per heavy atom. The van der Waals surface area contributed by atoms with Gasteiger partial charge < -0.3 is 30.0 Å². The smallest absolute Gasteiger partial charge is 0.407 e. The summed E-state index contributed by atoms with van der Waals surface area (Å²) in [7, 11) is 0. The Kier molecular flexibility index (Phi) is 10.6. The first-order valence-corrected chi connectivity index (χ1v) is 17.8. The second-order valence-corrected chi connectivity index (χ2v) is 13.2. The van der Waals surface area contributed by atoms with Gasteiger partial charge in [-0.2, -0.15) is 0 Å². The van der Waals surface area contributed by atoms with Crippen LogP contribution in [0.5, 0.6) is 0 Å². The highest BCUT2D eigenvalue weighted by Gasteiger charge is 2.39. The van der Waals surface area contributed by atoms with E-state index in [9.17, 15) is 19.2 Å². The number of imidazole rings is 1. The Morgan fingerprint density at radius 2 is 1.50 bits per heavy atom. The van der Waals surface area contributed by atoms with Crippen LogP contribution in [-0.2, 0) is 20.9 Å². The molecule has 11 nitrogen and oxygen atoms in total. The Balaban J connectivity index is 0.995. The third kappa shape index (κ3) is 7.68. The summed E-state index contributed by atoms with van der Waals surface area (Å²) >= 11 is 0. The van der Waals surface area contributed by atoms with E-state index < -0.39 is 24.3 Å². The number of nitrogens with zero attached hydrogens (tertiary/aromatic N) is 2. The van der Waals surface area contributed by atoms with Gasteiger partial charge >= 0.3 is 12.2 Å². The lowest BCUT2D eigenvalue weighted by Gasteiger charge is -2.28. The van der Waals surface area contributed by atoms with E-state index in [1.54, 1.807) is 4.90 Å². The molecule has 2 atom stereocenters. The summed E-state index contributed by atoms with van der Waals surface area (Å²) in [6.07, 6.45) is 1.24. The lowest BCUT2D eigenvalue weighted by Crippen LogP contribution is -2.52. The summed E-state index contributed by atoms with van der Waals surface area (Å²) in [4.78, 5) is 62.6. The van der Waals surface area contributed by atoms with Crippen LogP contribution in [0.3, 0.4) is 0 Å². The van der Waals surface area contributed by atoms with E-state index in [1.807, 2.05) is 91.0 Å². The number of hydrogen-bond donors (Lipinski definition) is 3. The van der Waals surface area contributed by atoms with Crippen LogP contribution in [0, 0.1) is 0 Å². The topological polar surface area (TPSA) is 143 Å². The number of unbranched alkanes of at least 4 members (excludes halogenated alkanes) is 1. The van der Waals surface area contributed by atoms with Crippen LogP contribution in [0.2, 0.25) is 0 Å². The van der Waals surface area contributed by atoms with Gasteiger partial charge in [-0.3, -0.25) is 9.59 Å². The normalized spacial score (nSPS) is 15.5. The summed E-state index contributed by atoms with van der Waals surface area (Å²) in [6, 6.07) is 31.3. The fraction of sp³-hybridized carbons (Fsp3) is 0.293. The Hall–Kier alpha value is -5.97. The molecule has 1 aliphatic heterocycles. The number of alkyl carbamates (subject to hydrolysis) is 2. The lowest BCUT2D eigenvalue weighted by molar-refractivity contribution is -0.133. The van der Waals surface area contributed by atoms with Crippen molar-refractivity contribution in [3.63, 3.8) is 0 Å². The van der Waals surface area contributed by atoms with Gasteiger partial charge in [0.2, 0.25) is 11.7 Å². The number of amides is 3. The molecule has 11 heteroatoms. The number of para-hydroxylation sites is 2. The molecule has 52 heavy (non-hydrogen) atoms. The number of hydrogen-bond acceptors (Lipinski definition) is 7. The molecule has 3 N–H and O–H groups in total. The minimum absolute atomic E-state index is 0.104. The van der Waals surface area contributed by atoms with Gasteiger partial charge in [-0.05, 0) is 72.1 Å². The maximum absolute atomic E-state index is 14.2. The molecule has 7 rings (SSSR count). The average molecular weight is 700 g/mol. The van der Waals surface area contributed by atoms with Crippen LogP contribution in [0.15, 0.2) is 103 Å². The maximum Gasteiger partial charge on any atom is 0.407 e. The Labute approximate surface area is 301 Å². The van der Waals surface area contributed by atoms with Crippen molar-refractivity contribution in [2.24, 2.45) is 0 Å². The van der Waals surface area contributed by atoms with Crippen molar-refractivity contribution in [2.75, 3.05) is 19.7 Å². The van der Waals surface area contributed by atoms with Crippen molar-refractivity contribution in [1.29, 1.82) is 0 Å². The highest BCUT2D eigenvalue weighted by molar-refractivity contribution is 6.02. The van der Waals surface area contributed by atoms with Crippen molar-refractivity contribution >= 4 is 34.9 Å². The molecule has 266 valence electrons. The molecule has 2 heterocycles. The molecule has 1 fully saturated rings. The first kappa shape index (κ1) is 34.5. The van der Waals surface area contributed by atoms with Gasteiger partial charge in [0, 0.05) is 19.0 Å². The Bertz CT molecular complexity index is 1980. The van der Waals surface area contributed by atoms with Crippen LogP contribution in [0.25, 0.3) is 22.2 Å². The summed E-state index contributed by atoms with van der Waals surface area (Å²) in [6.45, 7) is 0.979. The summed E-state index contributed by atoms with van der Waals surface area (Å²) in [5.41, 5.74) is 6.71. The summed E-state index contributed by atoms with van der Waals surface area (Å²) in [5, 5.41) is 5.57. The molecular formula is C41H41N5O6. The van der Waals surface area contributed by atoms with Crippen molar-refractivity contribution in [2.45, 2.75) is 56.7 Å². The molecule has 0 spiro atoms. The predicted molar refractivity (Wildman–Crippen MR) is 196 cm³/mol. The van der Waals surface area contributed by atoms with E-state index in [0.29, 0.717) is 44.3 Å². The third-order valence-electron chi connectivity index (χ3n) is 9.80. The molecule has 3 amide bonds. The number of fused-ring (bicyclic) bond motifs is 4. The molecule has 1 aromatic heterocycles. The second-order valence-electron chi connectivity index (χ2n) is 13.2. The monoisotopic (exact) mass is 699 g/mol. The van der Waals surface area contributed by atoms with Crippen LogP contribution in [0.1, 0.15) is 65.3 Å². The van der Waals surface area contributed by atoms with Crippen LogP contribution < -0.4 is 10.6 Å². The molecule has 1 saturated heterocycles. The quantitative estimate of drug-likeness (QED) is 0.0913. The zero-order valence-corrected chi connectivity index (χ0v) is 28.8. The number of Topliss-reactive ketones (excluding diaryl/α,β-unsaturated/α-hetero) is 1. The van der Waals surface area contributed by atoms with Crippen LogP contribution in [-0.4, -0.2) is 70.5 Å². The van der Waals surface area contributed by atoms with E-state index >= 15 is 0 Å². The van der Waals surface area contributed by atoms with Gasteiger partial charge in [0.15, 0.2) is 5.82 Å². The zero-order chi connectivity index (χ0) is 35.9. The maximum atomic E-state index is 14.2. The first-order chi connectivity index (χ1) is 25.5. The number of carbonyl (C=O) groups excluding carboxylic acids is 4. The number of benzene rings is 4. The second kappa shape index (κ2) is 15.9. The Morgan fingerprint density at radius 1 is 0.808 bits per heavy atom. The standard InChI is InChI=1S/C41H41N5O6/c47-37(38-43-33-19-8-9-20-34(33)44-38)36-22-12-24-46(36)39(48)35(21-10-11-23-42-40(49)51-25-27-13-2-1-3-14-27)45-41(50)52-26-32-30-17-6-4-15-28(30)29-16-5-7-18-31(29)32/h1-9,13-20,32,35-36H,10-12,21-26H2,(H,42,49)(H,43,44)(H,45,50)/t35-,36-/m0/s1. The fourth-order valence-corrected chi connectivity index (χ4v) is 7.21. The number of aromatic nitrogens is 2. The summed E-state index contributed by atoms with van der Waals surface area (Å²) in [5.74, 6) is -0.544. The molecular weight excluding hydrogens is 658 g/mol. The van der Waals surface area contributed by atoms with E-state index in [2.05, 4.69) is 32.7 Å². The molecule has 1 aliphatic carbocycles. The molecule has 0 saturated carbocycles. The van der Waals surface area contributed by atoms with Gasteiger partial charge in [-0.1, -0.05) is 91.0 Å². The van der Waals surface area contributed by atoms with Crippen molar-refractivity contribution in [3.05, 3.63) is 126 Å². The number of H-pyrrole nitrogens is 1. The van der Waals surface area contributed by atoms with Crippen LogP contribution in [0.4, 0.5) is 9.59 Å². The number of ketones is 1. The fourth-order valence-electron chi connectivity index (χ4n) is 7.21. The molecule has 0 unspecified atom stereocenters. The number of ether oxygens (including phenoxy) is 2. The molecule has 0 radical (unpaired) electrons. The minimum atomic E-state index is -0.940. The van der Waals surface area contributed by atoms with Gasteiger partial charge in [-0.15, -0.1) is 0 Å². The largest absolute Gasteiger partial charge is 0.449 e. The molecule has 2 aliphatic rings. The molecule has 5 aromatic rings. The van der Waals surface area contributed by atoms with Crippen molar-refractivity contribution in [1.82, 2.24) is 25.5 Å². The minimum Gasteiger partial charge on any atom is -0.449 e. The number of rotatable bonds is 13. The number of likely N-dealkylation sites (tertiary alicyclic amines) is 1. The lowest BCUT2D eigenvalue weighted by atomic mass is 9.98. The zero-order valence-electron chi connectivity index (χ0n) is 28.8. The predicted octanol–water partition coefficient (Wildman–Crippen LogP) is 6.74. The van der Waals surface area contributed by atoms with Crippen LogP contribution >= 0.6 is 0 Å². The van der Waals surface area contributed by atoms with Crippen molar-refractivity contribution < 1.29 is 28.7 Å². The molecule has 4 aromatic carbocycles. The van der Waals surface area contributed by atoms with Gasteiger partial charge in [0.05, 0.1) is 17.1 Å². The van der Waals surface area contributed by atoms with Gasteiger partial charge in [0.1, 0.15) is 19.3 Å². The SMILES string of the molecule is O=C(NCCCC[C@H](NC(=O)OCC1c2ccccc2-c2ccccc21)C(=O)N1CCC[C@H]1C(=O)c1nc2ccccc2[nH]1)OCc1ccccc1. The van der Waals surface area contributed by atoms with E-state index in [0.717, 1.165) is 33.3 Å². The third-order valence-corrected chi connectivity index (χ3v) is 9.80. The number of carbonyl (C=O) groups is 4. The average Bonchev–Trinajstić information content (AvgIpc) is 3.92. The van der Waals surface area contributed by atoms with E-state index in [4.69, 9.17) is 9.47 Å². The number of nitrogens with one attached hydrogen (secondary N) is 3. The number of aromatic amines is 1. The van der Waals surface area contributed by atoms with Gasteiger partial charge in [0.25, 0.3) is 0 Å². The van der Waals surface area contributed by atoms with E-state index in [-0.39, 0.29) is 43.1 Å². The van der Waals surface area contributed by atoms with E-state index in [1.165, 1.54) is 0 Å². The highest BCUT2D eigenvalue weighted by Crippen LogP contribution is 2.44. The van der Waals surface area contributed by atoms with Gasteiger partial charge in [-0.25, -0.2) is 14.6 Å². The first-order valence-electron chi connectivity index (χ1n) is 17.8. The van der Waals surface area contributed by atoms with Crippen molar-refractivity contribution in [3.8, 4) is 11.1 Å². The summed E-state index contributed by atoms with van der Waals surface area (Å²) < 4.78 is 11.1.